The van der Waals surface area contributed by atoms with E-state index in [9.17, 15) is 4.79 Å². The second-order valence-electron chi connectivity index (χ2n) is 6.92. The summed E-state index contributed by atoms with van der Waals surface area (Å²) in [6.07, 6.45) is 8.59. The molecule has 0 spiro atoms. The number of aromatic amines is 1. The number of imidazole rings is 1. The van der Waals surface area contributed by atoms with E-state index in [0.29, 0.717) is 5.82 Å². The third kappa shape index (κ3) is 5.62. The average Bonchev–Trinajstić information content (AvgIpc) is 3.18. The molecule has 0 aliphatic heterocycles. The van der Waals surface area contributed by atoms with Gasteiger partial charge in [-0.1, -0.05) is 37.6 Å². The van der Waals surface area contributed by atoms with Gasteiger partial charge in [0.2, 0.25) is 0 Å². The number of hydrogen-bond acceptors (Lipinski definition) is 4. The average molecular weight is 365 g/mol. The van der Waals surface area contributed by atoms with Gasteiger partial charge < -0.3 is 14.5 Å². The van der Waals surface area contributed by atoms with E-state index in [-0.39, 0.29) is 5.56 Å². The van der Waals surface area contributed by atoms with Crippen LogP contribution < -0.4 is 5.56 Å². The molecule has 0 aliphatic carbocycles. The molecular formula is C21H27N5O. The molecule has 6 nitrogen and oxygen atoms in total. The fourth-order valence-electron chi connectivity index (χ4n) is 2.99. The van der Waals surface area contributed by atoms with Crippen LogP contribution in [0.2, 0.25) is 0 Å². The van der Waals surface area contributed by atoms with Crippen molar-refractivity contribution in [3.63, 3.8) is 0 Å². The van der Waals surface area contributed by atoms with Gasteiger partial charge in [-0.15, -0.1) is 0 Å². The Hall–Kier alpha value is -2.73. The summed E-state index contributed by atoms with van der Waals surface area (Å²) in [4.78, 5) is 25.7. The van der Waals surface area contributed by atoms with Crippen molar-refractivity contribution < 1.29 is 0 Å². The van der Waals surface area contributed by atoms with Crippen molar-refractivity contribution in [2.24, 2.45) is 0 Å². The van der Waals surface area contributed by atoms with E-state index in [1.807, 2.05) is 24.7 Å². The van der Waals surface area contributed by atoms with Crippen molar-refractivity contribution >= 4 is 0 Å². The van der Waals surface area contributed by atoms with Crippen molar-refractivity contribution in [2.45, 2.75) is 39.3 Å². The van der Waals surface area contributed by atoms with E-state index in [2.05, 4.69) is 50.5 Å². The molecule has 0 radical (unpaired) electrons. The minimum atomic E-state index is -0.0885. The number of benzene rings is 1. The molecule has 0 saturated heterocycles. The van der Waals surface area contributed by atoms with Crippen LogP contribution in [0.4, 0.5) is 0 Å². The summed E-state index contributed by atoms with van der Waals surface area (Å²) < 4.78 is 2.08. The van der Waals surface area contributed by atoms with Gasteiger partial charge in [0.05, 0.1) is 6.33 Å². The van der Waals surface area contributed by atoms with Gasteiger partial charge >= 0.3 is 0 Å². The van der Waals surface area contributed by atoms with E-state index in [1.165, 1.54) is 5.56 Å². The Balaban J connectivity index is 1.62. The Bertz CT molecular complexity index is 884. The number of rotatable bonds is 9. The highest BCUT2D eigenvalue weighted by molar-refractivity contribution is 5.55. The lowest BCUT2D eigenvalue weighted by Gasteiger charge is -2.17. The highest BCUT2D eigenvalue weighted by atomic mass is 16.1. The van der Waals surface area contributed by atoms with Gasteiger partial charge in [0.25, 0.3) is 5.56 Å². The first-order valence-corrected chi connectivity index (χ1v) is 9.48. The number of H-pyrrole nitrogens is 1. The molecule has 6 heteroatoms. The Morgan fingerprint density at radius 3 is 2.74 bits per heavy atom. The molecular weight excluding hydrogens is 338 g/mol. The number of hydrogen-bond donors (Lipinski definition) is 1. The van der Waals surface area contributed by atoms with Crippen LogP contribution >= 0.6 is 0 Å². The third-order valence-electron chi connectivity index (χ3n) is 4.56. The molecule has 3 aromatic rings. The maximum atomic E-state index is 11.9. The summed E-state index contributed by atoms with van der Waals surface area (Å²) in [7, 11) is 2.11. The van der Waals surface area contributed by atoms with Crippen LogP contribution in [0.5, 0.6) is 0 Å². The topological polar surface area (TPSA) is 66.8 Å². The maximum Gasteiger partial charge on any atom is 0.251 e. The molecule has 27 heavy (non-hydrogen) atoms. The van der Waals surface area contributed by atoms with Crippen molar-refractivity contribution in [2.75, 3.05) is 13.6 Å². The lowest BCUT2D eigenvalue weighted by molar-refractivity contribution is 0.311. The predicted octanol–water partition coefficient (Wildman–Crippen LogP) is 3.11. The van der Waals surface area contributed by atoms with Gasteiger partial charge in [-0.25, -0.2) is 9.97 Å². The van der Waals surface area contributed by atoms with Crippen LogP contribution in [0.1, 0.15) is 31.0 Å². The van der Waals surface area contributed by atoms with Crippen molar-refractivity contribution in [1.82, 2.24) is 24.4 Å². The Labute approximate surface area is 159 Å². The Morgan fingerprint density at radius 1 is 1.22 bits per heavy atom. The van der Waals surface area contributed by atoms with Crippen LogP contribution in [0.15, 0.2) is 53.8 Å². The van der Waals surface area contributed by atoms with E-state index >= 15 is 0 Å². The number of aromatic nitrogens is 4. The maximum absolute atomic E-state index is 11.9. The minimum Gasteiger partial charge on any atom is -0.336 e. The molecule has 0 bridgehead atoms. The number of nitrogens with zero attached hydrogens (tertiary/aromatic N) is 4. The molecule has 0 atom stereocenters. The molecule has 0 saturated carbocycles. The molecule has 1 N–H and O–H groups in total. The first-order chi connectivity index (χ1) is 13.1. The normalized spacial score (nSPS) is 11.2. The molecule has 0 fully saturated rings. The number of likely N-dealkylation sites (N-methyl/N-ethyl adjacent to an activating group) is 1. The van der Waals surface area contributed by atoms with E-state index in [0.717, 1.165) is 50.2 Å². The molecule has 1 aromatic carbocycles. The quantitative estimate of drug-likeness (QED) is 0.633. The van der Waals surface area contributed by atoms with Crippen LogP contribution in [0.3, 0.4) is 0 Å². The second-order valence-corrected chi connectivity index (χ2v) is 6.92. The first-order valence-electron chi connectivity index (χ1n) is 9.48. The standard InChI is InChI=1S/C21H27N5O/c1-3-4-5-19-14-20(27)24-21(23-19)18-8-6-17(7-9-18)15-25(2)12-13-26-11-10-22-16-26/h6-11,14,16H,3-5,12-13,15H2,1-2H3,(H,23,24,27). The van der Waals surface area contributed by atoms with Gasteiger partial charge in [0, 0.05) is 49.4 Å². The monoisotopic (exact) mass is 365 g/mol. The number of nitrogens with one attached hydrogen (secondary N) is 1. The smallest absolute Gasteiger partial charge is 0.251 e. The Kier molecular flexibility index (Phi) is 6.54. The second kappa shape index (κ2) is 9.28. The largest absolute Gasteiger partial charge is 0.336 e. The summed E-state index contributed by atoms with van der Waals surface area (Å²) in [6, 6.07) is 9.86. The van der Waals surface area contributed by atoms with Gasteiger partial charge in [0.15, 0.2) is 0 Å². The van der Waals surface area contributed by atoms with Gasteiger partial charge in [-0.3, -0.25) is 4.79 Å². The van der Waals surface area contributed by atoms with Crippen LogP contribution in [0.25, 0.3) is 11.4 Å². The van der Waals surface area contributed by atoms with Crippen molar-refractivity contribution in [3.05, 3.63) is 70.7 Å². The van der Waals surface area contributed by atoms with Gasteiger partial charge in [-0.2, -0.15) is 0 Å². The van der Waals surface area contributed by atoms with Crippen LogP contribution in [0, 0.1) is 0 Å². The molecule has 0 unspecified atom stereocenters. The SMILES string of the molecule is CCCCc1cc(=O)[nH]c(-c2ccc(CN(C)CCn3ccnc3)cc2)n1. The van der Waals surface area contributed by atoms with Gasteiger partial charge in [0.1, 0.15) is 5.82 Å². The first kappa shape index (κ1) is 19.0. The third-order valence-corrected chi connectivity index (χ3v) is 4.56. The Morgan fingerprint density at radius 2 is 2.04 bits per heavy atom. The highest BCUT2D eigenvalue weighted by Crippen LogP contribution is 2.16. The molecule has 0 aliphatic rings. The number of aryl methyl sites for hydroxylation is 1. The molecule has 2 heterocycles. The fraction of sp³-hybridized carbons (Fsp3) is 0.381. The molecule has 3 rings (SSSR count). The van der Waals surface area contributed by atoms with Crippen LogP contribution in [-0.4, -0.2) is 38.0 Å². The summed E-state index contributed by atoms with van der Waals surface area (Å²) in [5.74, 6) is 0.647. The fourth-order valence-corrected chi connectivity index (χ4v) is 2.99. The van der Waals surface area contributed by atoms with Gasteiger partial charge in [-0.05, 0) is 25.5 Å². The molecule has 2 aromatic heterocycles. The predicted molar refractivity (Wildman–Crippen MR) is 107 cm³/mol. The minimum absolute atomic E-state index is 0.0885. The van der Waals surface area contributed by atoms with E-state index in [4.69, 9.17) is 0 Å². The van der Waals surface area contributed by atoms with Crippen LogP contribution in [-0.2, 0) is 19.5 Å². The van der Waals surface area contributed by atoms with Crippen molar-refractivity contribution in [3.8, 4) is 11.4 Å². The highest BCUT2D eigenvalue weighted by Gasteiger charge is 2.06. The zero-order chi connectivity index (χ0) is 19.1. The zero-order valence-corrected chi connectivity index (χ0v) is 16.1. The zero-order valence-electron chi connectivity index (χ0n) is 16.1. The van der Waals surface area contributed by atoms with E-state index in [1.54, 1.807) is 12.3 Å². The summed E-state index contributed by atoms with van der Waals surface area (Å²) in [5.41, 5.74) is 2.94. The molecule has 142 valence electrons. The summed E-state index contributed by atoms with van der Waals surface area (Å²) >= 11 is 0. The molecule has 0 amide bonds. The summed E-state index contributed by atoms with van der Waals surface area (Å²) in [6.45, 7) is 4.88. The summed E-state index contributed by atoms with van der Waals surface area (Å²) in [5, 5.41) is 0. The van der Waals surface area contributed by atoms with Crippen molar-refractivity contribution in [1.29, 1.82) is 0 Å². The number of unbranched alkanes of at least 4 members (excludes halogenated alkanes) is 1. The lowest BCUT2D eigenvalue weighted by Crippen LogP contribution is -2.22. The lowest BCUT2D eigenvalue weighted by atomic mass is 10.1. The van der Waals surface area contributed by atoms with E-state index < -0.39 is 0 Å².